The molecule has 0 radical (unpaired) electrons. The molecule has 1 aliphatic heterocycles. The Bertz CT molecular complexity index is 1230. The van der Waals surface area contributed by atoms with Gasteiger partial charge in [0.2, 0.25) is 21.8 Å². The zero-order valence-electron chi connectivity index (χ0n) is 19.1. The monoisotopic (exact) mass is 473 g/mol. The molecule has 0 unspecified atom stereocenters. The molecule has 0 amide bonds. The van der Waals surface area contributed by atoms with Gasteiger partial charge < -0.3 is 18.6 Å². The summed E-state index contributed by atoms with van der Waals surface area (Å²) in [5.74, 6) is 2.37. The molecule has 4 rings (SSSR count). The van der Waals surface area contributed by atoms with Crippen molar-refractivity contribution in [2.45, 2.75) is 24.7 Å². The minimum absolute atomic E-state index is 0.0860. The van der Waals surface area contributed by atoms with Crippen LogP contribution in [0.5, 0.6) is 17.2 Å². The highest BCUT2D eigenvalue weighted by Gasteiger charge is 2.31. The molecule has 3 aromatic rings. The molecular weight excluding hydrogens is 446 g/mol. The van der Waals surface area contributed by atoms with E-state index >= 15 is 0 Å². The maximum Gasteiger partial charge on any atom is 0.248 e. The number of methoxy groups -OCH3 is 3. The first kappa shape index (κ1) is 23.1. The average molecular weight is 474 g/mol. The Kier molecular flexibility index (Phi) is 6.57. The van der Waals surface area contributed by atoms with Gasteiger partial charge in [0.05, 0.1) is 21.3 Å². The molecule has 2 aromatic carbocycles. The third kappa shape index (κ3) is 4.53. The van der Waals surface area contributed by atoms with E-state index in [0.29, 0.717) is 41.6 Å². The predicted octanol–water partition coefficient (Wildman–Crippen LogP) is 3.85. The van der Waals surface area contributed by atoms with E-state index < -0.39 is 10.0 Å². The van der Waals surface area contributed by atoms with Gasteiger partial charge in [-0.1, -0.05) is 6.92 Å². The summed E-state index contributed by atoms with van der Waals surface area (Å²) in [6.45, 7) is 3.11. The highest BCUT2D eigenvalue weighted by atomic mass is 32.2. The van der Waals surface area contributed by atoms with Gasteiger partial charge >= 0.3 is 0 Å². The molecule has 1 fully saturated rings. The molecule has 2 heterocycles. The van der Waals surface area contributed by atoms with E-state index in [-0.39, 0.29) is 22.4 Å². The minimum Gasteiger partial charge on any atom is -0.495 e. The lowest BCUT2D eigenvalue weighted by Gasteiger charge is -2.29. The van der Waals surface area contributed by atoms with Crippen molar-refractivity contribution in [3.8, 4) is 40.2 Å². The van der Waals surface area contributed by atoms with Gasteiger partial charge in [-0.2, -0.15) is 4.31 Å². The molecule has 0 bridgehead atoms. The fourth-order valence-electron chi connectivity index (χ4n) is 3.80. The van der Waals surface area contributed by atoms with E-state index in [1.165, 1.54) is 17.5 Å². The van der Waals surface area contributed by atoms with Crippen LogP contribution in [0.25, 0.3) is 22.9 Å². The van der Waals surface area contributed by atoms with Crippen molar-refractivity contribution in [1.29, 1.82) is 0 Å². The van der Waals surface area contributed by atoms with E-state index in [1.54, 1.807) is 44.6 Å². The number of nitrogens with zero attached hydrogens (tertiary/aromatic N) is 3. The second-order valence-electron chi connectivity index (χ2n) is 7.93. The largest absolute Gasteiger partial charge is 0.495 e. The van der Waals surface area contributed by atoms with Gasteiger partial charge in [-0.05, 0) is 55.2 Å². The Hall–Kier alpha value is -3.11. The van der Waals surface area contributed by atoms with Crippen LogP contribution in [-0.4, -0.2) is 57.3 Å². The fourth-order valence-corrected chi connectivity index (χ4v) is 5.45. The zero-order valence-corrected chi connectivity index (χ0v) is 19.9. The van der Waals surface area contributed by atoms with Gasteiger partial charge in [-0.3, -0.25) is 0 Å². The summed E-state index contributed by atoms with van der Waals surface area (Å²) in [5, 5.41) is 8.25. The van der Waals surface area contributed by atoms with E-state index in [2.05, 4.69) is 17.1 Å². The zero-order chi connectivity index (χ0) is 23.6. The fraction of sp³-hybridized carbons (Fsp3) is 0.391. The Balaban J connectivity index is 1.68. The summed E-state index contributed by atoms with van der Waals surface area (Å²) >= 11 is 0. The van der Waals surface area contributed by atoms with E-state index in [9.17, 15) is 8.42 Å². The number of piperidine rings is 1. The topological polar surface area (TPSA) is 104 Å². The molecule has 9 nitrogen and oxygen atoms in total. The predicted molar refractivity (Wildman–Crippen MR) is 122 cm³/mol. The number of aromatic nitrogens is 2. The number of rotatable bonds is 7. The van der Waals surface area contributed by atoms with Crippen LogP contribution < -0.4 is 14.2 Å². The van der Waals surface area contributed by atoms with Crippen LogP contribution in [-0.2, 0) is 10.0 Å². The SMILES string of the molecule is COc1ccc(-c2nnc(-c3ccc(OC)c(S(=O)(=O)N4CCC(C)CC4)c3)o2)cc1OC. The molecular formula is C23H27N3O6S. The summed E-state index contributed by atoms with van der Waals surface area (Å²) in [7, 11) is 0.822. The summed E-state index contributed by atoms with van der Waals surface area (Å²) < 4.78 is 50.1. The molecule has 0 atom stereocenters. The summed E-state index contributed by atoms with van der Waals surface area (Å²) in [6, 6.07) is 10.1. The van der Waals surface area contributed by atoms with Crippen molar-refractivity contribution < 1.29 is 27.0 Å². The van der Waals surface area contributed by atoms with Crippen LogP contribution in [0.1, 0.15) is 19.8 Å². The highest BCUT2D eigenvalue weighted by Crippen LogP contribution is 2.35. The molecule has 0 spiro atoms. The lowest BCUT2D eigenvalue weighted by Crippen LogP contribution is -2.38. The lowest BCUT2D eigenvalue weighted by molar-refractivity contribution is 0.287. The van der Waals surface area contributed by atoms with Gasteiger partial charge in [0, 0.05) is 24.2 Å². The Morgan fingerprint density at radius 1 is 0.848 bits per heavy atom. The minimum atomic E-state index is -3.73. The van der Waals surface area contributed by atoms with Crippen LogP contribution in [0, 0.1) is 5.92 Å². The van der Waals surface area contributed by atoms with Crippen LogP contribution in [0.2, 0.25) is 0 Å². The first-order chi connectivity index (χ1) is 15.9. The lowest BCUT2D eigenvalue weighted by atomic mass is 10.0. The molecule has 0 aliphatic carbocycles. The second-order valence-corrected chi connectivity index (χ2v) is 9.84. The molecule has 176 valence electrons. The Morgan fingerprint density at radius 2 is 1.39 bits per heavy atom. The van der Waals surface area contributed by atoms with Crippen LogP contribution >= 0.6 is 0 Å². The molecule has 0 N–H and O–H groups in total. The van der Waals surface area contributed by atoms with Crippen LogP contribution in [0.15, 0.2) is 45.7 Å². The van der Waals surface area contributed by atoms with Gasteiger partial charge in [0.25, 0.3) is 0 Å². The number of hydrogen-bond acceptors (Lipinski definition) is 8. The number of benzene rings is 2. The van der Waals surface area contributed by atoms with Crippen molar-refractivity contribution in [2.75, 3.05) is 34.4 Å². The smallest absolute Gasteiger partial charge is 0.248 e. The van der Waals surface area contributed by atoms with Crippen molar-refractivity contribution in [3.05, 3.63) is 36.4 Å². The van der Waals surface area contributed by atoms with E-state index in [1.807, 2.05) is 0 Å². The standard InChI is InChI=1S/C23H27N3O6S/c1-15-9-11-26(12-10-15)33(27,28)21-14-17(6-8-19(21)30-3)23-25-24-22(32-23)16-5-7-18(29-2)20(13-16)31-4/h5-8,13-15H,9-12H2,1-4H3. The van der Waals surface area contributed by atoms with Crippen LogP contribution in [0.4, 0.5) is 0 Å². The first-order valence-electron chi connectivity index (χ1n) is 10.6. The maximum atomic E-state index is 13.4. The Morgan fingerprint density at radius 3 is 1.97 bits per heavy atom. The normalized spacial score (nSPS) is 15.4. The first-order valence-corrected chi connectivity index (χ1v) is 12.1. The van der Waals surface area contributed by atoms with E-state index in [0.717, 1.165) is 12.8 Å². The van der Waals surface area contributed by atoms with Crippen molar-refractivity contribution in [3.63, 3.8) is 0 Å². The molecule has 1 saturated heterocycles. The van der Waals surface area contributed by atoms with Gasteiger partial charge in [0.1, 0.15) is 10.6 Å². The van der Waals surface area contributed by atoms with Crippen molar-refractivity contribution >= 4 is 10.0 Å². The second kappa shape index (κ2) is 9.40. The summed E-state index contributed by atoms with van der Waals surface area (Å²) in [4.78, 5) is 0.0860. The van der Waals surface area contributed by atoms with Crippen molar-refractivity contribution in [2.24, 2.45) is 5.92 Å². The molecule has 1 aromatic heterocycles. The van der Waals surface area contributed by atoms with Crippen LogP contribution in [0.3, 0.4) is 0 Å². The summed E-state index contributed by atoms with van der Waals surface area (Å²) in [6.07, 6.45) is 1.67. The average Bonchev–Trinajstić information content (AvgIpc) is 3.33. The van der Waals surface area contributed by atoms with Gasteiger partial charge in [0.15, 0.2) is 11.5 Å². The third-order valence-electron chi connectivity index (χ3n) is 5.83. The molecule has 0 saturated carbocycles. The third-order valence-corrected chi connectivity index (χ3v) is 7.75. The molecule has 33 heavy (non-hydrogen) atoms. The van der Waals surface area contributed by atoms with E-state index in [4.69, 9.17) is 18.6 Å². The molecule has 1 aliphatic rings. The number of hydrogen-bond donors (Lipinski definition) is 0. The quantitative estimate of drug-likeness (QED) is 0.510. The van der Waals surface area contributed by atoms with Crippen molar-refractivity contribution in [1.82, 2.24) is 14.5 Å². The molecule has 10 heteroatoms. The number of sulfonamides is 1. The maximum absolute atomic E-state index is 13.4. The Labute approximate surface area is 193 Å². The van der Waals surface area contributed by atoms with Gasteiger partial charge in [-0.25, -0.2) is 8.42 Å². The highest BCUT2D eigenvalue weighted by molar-refractivity contribution is 7.89. The summed E-state index contributed by atoms with van der Waals surface area (Å²) in [5.41, 5.74) is 1.13. The van der Waals surface area contributed by atoms with Gasteiger partial charge in [-0.15, -0.1) is 10.2 Å². The number of ether oxygens (including phenoxy) is 3.